The van der Waals surface area contributed by atoms with Gasteiger partial charge >= 0.3 is 0 Å². The Morgan fingerprint density at radius 1 is 1.62 bits per heavy atom. The molecular weight excluding hydrogens is 157 g/mol. The molecule has 0 unspecified atom stereocenters. The van der Waals surface area contributed by atoms with Gasteiger partial charge < -0.3 is 9.21 Å². The van der Waals surface area contributed by atoms with E-state index in [1.165, 1.54) is 18.4 Å². The van der Waals surface area contributed by atoms with Gasteiger partial charge in [-0.05, 0) is 12.5 Å². The fourth-order valence-corrected chi connectivity index (χ4v) is 0.281. The minimum Gasteiger partial charge on any atom is -0.587 e. The van der Waals surface area contributed by atoms with Crippen molar-refractivity contribution in [3.8, 4) is 0 Å². The van der Waals surface area contributed by atoms with Crippen molar-refractivity contribution in [1.29, 1.82) is 0 Å². The zero-order chi connectivity index (χ0) is 5.11. The van der Waals surface area contributed by atoms with Gasteiger partial charge in [0.1, 0.15) is 0 Å². The van der Waals surface area contributed by atoms with Crippen LogP contribution < -0.4 is 5.43 Å². The summed E-state index contributed by atoms with van der Waals surface area (Å²) in [6.45, 7) is 0. The summed E-state index contributed by atoms with van der Waals surface area (Å²) in [5.41, 5.74) is -0.0775. The molecule has 1 heterocycles. The topological polar surface area (TPSA) is 30.2 Å². The Bertz CT molecular complexity index is 176. The van der Waals surface area contributed by atoms with Crippen molar-refractivity contribution in [1.82, 2.24) is 0 Å². The molecule has 0 saturated carbocycles. The molecule has 0 radical (unpaired) electrons. The second-order valence-electron chi connectivity index (χ2n) is 1.09. The Morgan fingerprint density at radius 2 is 2.38 bits per heavy atom. The summed E-state index contributed by atoms with van der Waals surface area (Å²) < 4.78 is 4.43. The molecule has 0 aliphatic rings. The number of rotatable bonds is 0. The monoisotopic (exact) mass is 159 g/mol. The van der Waals surface area contributed by atoms with Gasteiger partial charge in [0, 0.05) is 19.5 Å². The third-order valence-electron chi connectivity index (χ3n) is 0.570. The standard InChI is InChI=1S/C5H3O2.Zn/c6-5-1-3-7-4-2-5;/h1-3H;/q-1;. The average Bonchev–Trinajstić information content (AvgIpc) is 1.69. The Kier molecular flexibility index (Phi) is 3.37. The number of hydrogen-bond acceptors (Lipinski definition) is 2. The van der Waals surface area contributed by atoms with Crippen molar-refractivity contribution in [3.05, 3.63) is 34.9 Å². The molecule has 0 spiro atoms. The van der Waals surface area contributed by atoms with Crippen LogP contribution in [0, 0.1) is 6.26 Å². The van der Waals surface area contributed by atoms with Crippen LogP contribution in [0.25, 0.3) is 0 Å². The summed E-state index contributed by atoms with van der Waals surface area (Å²) in [6.07, 6.45) is 3.57. The first-order valence-electron chi connectivity index (χ1n) is 1.84. The quantitative estimate of drug-likeness (QED) is 0.407. The molecule has 0 bridgehead atoms. The molecule has 0 aliphatic carbocycles. The van der Waals surface area contributed by atoms with Gasteiger partial charge in [-0.2, -0.15) is 0 Å². The molecule has 8 heavy (non-hydrogen) atoms. The van der Waals surface area contributed by atoms with Crippen molar-refractivity contribution in [2.45, 2.75) is 0 Å². The molecule has 0 fully saturated rings. The van der Waals surface area contributed by atoms with Crippen LogP contribution in [-0.4, -0.2) is 0 Å². The van der Waals surface area contributed by atoms with E-state index >= 15 is 0 Å². The Morgan fingerprint density at radius 3 is 2.62 bits per heavy atom. The van der Waals surface area contributed by atoms with E-state index in [1.54, 1.807) is 0 Å². The first-order valence-corrected chi connectivity index (χ1v) is 1.84. The van der Waals surface area contributed by atoms with E-state index in [2.05, 4.69) is 10.7 Å². The van der Waals surface area contributed by atoms with Crippen molar-refractivity contribution < 1.29 is 23.9 Å². The van der Waals surface area contributed by atoms with E-state index < -0.39 is 0 Å². The Balaban J connectivity index is 0.000000490. The normalized spacial score (nSPS) is 7.50. The molecule has 1 rings (SSSR count). The van der Waals surface area contributed by atoms with E-state index in [4.69, 9.17) is 0 Å². The maximum Gasteiger partial charge on any atom is 0.0701 e. The minimum absolute atomic E-state index is 0. The van der Waals surface area contributed by atoms with Crippen LogP contribution in [0.2, 0.25) is 0 Å². The minimum atomic E-state index is -0.0775. The van der Waals surface area contributed by atoms with E-state index in [-0.39, 0.29) is 24.9 Å². The molecule has 1 aromatic heterocycles. The van der Waals surface area contributed by atoms with Gasteiger partial charge in [0.05, 0.1) is 5.43 Å². The molecule has 1 aromatic rings. The summed E-state index contributed by atoms with van der Waals surface area (Å²) in [7, 11) is 0. The van der Waals surface area contributed by atoms with Crippen LogP contribution in [0.5, 0.6) is 0 Å². The molecule has 38 valence electrons. The van der Waals surface area contributed by atoms with Gasteiger partial charge in [-0.25, -0.2) is 0 Å². The summed E-state index contributed by atoms with van der Waals surface area (Å²) >= 11 is 0. The van der Waals surface area contributed by atoms with Gasteiger partial charge in [0.25, 0.3) is 0 Å². The second kappa shape index (κ2) is 3.56. The molecule has 0 N–H and O–H groups in total. The summed E-state index contributed by atoms with van der Waals surface area (Å²) in [6, 6.07) is 2.57. The van der Waals surface area contributed by atoms with Gasteiger partial charge in [0.15, 0.2) is 0 Å². The zero-order valence-electron chi connectivity index (χ0n) is 4.26. The SMILES string of the molecule is O=c1c[c-]occ1.[Zn]. The zero-order valence-corrected chi connectivity index (χ0v) is 7.22. The van der Waals surface area contributed by atoms with Crippen LogP contribution in [0.4, 0.5) is 0 Å². The largest absolute Gasteiger partial charge is 0.587 e. The maximum absolute atomic E-state index is 10.2. The fourth-order valence-electron chi connectivity index (χ4n) is 0.281. The van der Waals surface area contributed by atoms with Crippen LogP contribution in [0.1, 0.15) is 0 Å². The third kappa shape index (κ3) is 2.03. The van der Waals surface area contributed by atoms with E-state index in [0.717, 1.165) is 0 Å². The van der Waals surface area contributed by atoms with E-state index in [0.29, 0.717) is 0 Å². The molecule has 0 aliphatic heterocycles. The number of hydrogen-bond donors (Lipinski definition) is 0. The van der Waals surface area contributed by atoms with Crippen LogP contribution in [-0.2, 0) is 19.5 Å². The maximum atomic E-state index is 10.2. The van der Waals surface area contributed by atoms with E-state index in [1.807, 2.05) is 0 Å². The summed E-state index contributed by atoms with van der Waals surface area (Å²) in [5.74, 6) is 0. The van der Waals surface area contributed by atoms with Gasteiger partial charge in [-0.3, -0.25) is 0 Å². The molecule has 0 saturated heterocycles. The fraction of sp³-hybridized carbons (Fsp3) is 0. The Hall–Kier alpha value is -0.427. The molecule has 0 amide bonds. The van der Waals surface area contributed by atoms with E-state index in [9.17, 15) is 4.79 Å². The van der Waals surface area contributed by atoms with Gasteiger partial charge in [-0.1, -0.05) is 12.1 Å². The second-order valence-corrected chi connectivity index (χ2v) is 1.09. The van der Waals surface area contributed by atoms with Crippen LogP contribution in [0.3, 0.4) is 0 Å². The van der Waals surface area contributed by atoms with Crippen molar-refractivity contribution in [3.63, 3.8) is 0 Å². The smallest absolute Gasteiger partial charge is 0.0701 e. The van der Waals surface area contributed by atoms with Crippen LogP contribution in [0.15, 0.2) is 27.6 Å². The molecule has 3 heteroatoms. The summed E-state index contributed by atoms with van der Waals surface area (Å²) in [4.78, 5) is 10.2. The third-order valence-corrected chi connectivity index (χ3v) is 0.570. The molecule has 2 nitrogen and oxygen atoms in total. The Labute approximate surface area is 59.3 Å². The predicted molar refractivity (Wildman–Crippen MR) is 23.8 cm³/mol. The first kappa shape index (κ1) is 7.57. The molecule has 0 aromatic carbocycles. The van der Waals surface area contributed by atoms with Crippen molar-refractivity contribution in [2.24, 2.45) is 0 Å². The van der Waals surface area contributed by atoms with Crippen molar-refractivity contribution in [2.75, 3.05) is 0 Å². The van der Waals surface area contributed by atoms with Gasteiger partial charge in [-0.15, -0.1) is 0 Å². The average molecular weight is 160 g/mol. The van der Waals surface area contributed by atoms with Crippen molar-refractivity contribution >= 4 is 0 Å². The molecule has 0 atom stereocenters. The van der Waals surface area contributed by atoms with Crippen LogP contribution >= 0.6 is 0 Å². The summed E-state index contributed by atoms with van der Waals surface area (Å²) in [5, 5.41) is 0. The first-order chi connectivity index (χ1) is 3.39. The van der Waals surface area contributed by atoms with Gasteiger partial charge in [0.2, 0.25) is 0 Å². The predicted octanol–water partition coefficient (Wildman–Crippen LogP) is 0.437. The molecular formula is C5H3O2Zn-.